The average Bonchev–Trinajstić information content (AvgIpc) is 3.01. The minimum absolute atomic E-state index is 0.0271. The molecule has 1 aliphatic rings. The van der Waals surface area contributed by atoms with Gasteiger partial charge in [-0.05, 0) is 56.5 Å². The number of rotatable bonds is 5. The summed E-state index contributed by atoms with van der Waals surface area (Å²) >= 11 is 6.02. The van der Waals surface area contributed by atoms with E-state index >= 15 is 0 Å². The van der Waals surface area contributed by atoms with E-state index in [0.717, 1.165) is 47.8 Å². The zero-order valence-electron chi connectivity index (χ0n) is 10.8. The largest absolute Gasteiger partial charge is 0.485 e. The molecule has 1 fully saturated rings. The van der Waals surface area contributed by atoms with Gasteiger partial charge in [-0.2, -0.15) is 0 Å². The van der Waals surface area contributed by atoms with Gasteiger partial charge in [0.05, 0.1) is 0 Å². The quantitative estimate of drug-likeness (QED) is 0.868. The summed E-state index contributed by atoms with van der Waals surface area (Å²) in [5.41, 5.74) is 2.27. The van der Waals surface area contributed by atoms with Crippen LogP contribution in [-0.2, 0) is 0 Å². The summed E-state index contributed by atoms with van der Waals surface area (Å²) in [7, 11) is 0. The van der Waals surface area contributed by atoms with Gasteiger partial charge >= 0.3 is 0 Å². The van der Waals surface area contributed by atoms with Crippen molar-refractivity contribution in [2.45, 2.75) is 39.2 Å². The predicted octanol–water partition coefficient (Wildman–Crippen LogP) is 3.48. The molecule has 1 aliphatic carbocycles. The molecule has 0 spiro atoms. The van der Waals surface area contributed by atoms with Gasteiger partial charge in [0, 0.05) is 11.6 Å². The third kappa shape index (κ3) is 2.93. The standard InChI is InChI=1S/C14H20ClNO/c1-4-16-9-14(5-6-14)17-13-10(2)7-12(15)8-11(13)3/h7-8,16H,4-6,9H2,1-3H3. The van der Waals surface area contributed by atoms with E-state index in [2.05, 4.69) is 26.1 Å². The van der Waals surface area contributed by atoms with Crippen LogP contribution in [-0.4, -0.2) is 18.7 Å². The number of ether oxygens (including phenoxy) is 1. The lowest BCUT2D eigenvalue weighted by Crippen LogP contribution is -2.33. The Morgan fingerprint density at radius 1 is 1.29 bits per heavy atom. The first kappa shape index (κ1) is 12.7. The molecule has 17 heavy (non-hydrogen) atoms. The van der Waals surface area contributed by atoms with E-state index in [1.165, 1.54) is 0 Å². The fourth-order valence-electron chi connectivity index (χ4n) is 2.08. The van der Waals surface area contributed by atoms with Gasteiger partial charge in [0.15, 0.2) is 0 Å². The van der Waals surface area contributed by atoms with Gasteiger partial charge in [-0.25, -0.2) is 0 Å². The van der Waals surface area contributed by atoms with Crippen LogP contribution in [0.3, 0.4) is 0 Å². The van der Waals surface area contributed by atoms with Crippen LogP contribution < -0.4 is 10.1 Å². The molecule has 0 unspecified atom stereocenters. The summed E-state index contributed by atoms with van der Waals surface area (Å²) in [6.45, 7) is 8.15. The maximum absolute atomic E-state index is 6.21. The lowest BCUT2D eigenvalue weighted by molar-refractivity contribution is 0.174. The second-order valence-corrected chi connectivity index (χ2v) is 5.37. The van der Waals surface area contributed by atoms with Crippen molar-refractivity contribution in [3.63, 3.8) is 0 Å². The zero-order valence-corrected chi connectivity index (χ0v) is 11.5. The third-order valence-corrected chi connectivity index (χ3v) is 3.47. The van der Waals surface area contributed by atoms with Crippen molar-refractivity contribution < 1.29 is 4.74 Å². The van der Waals surface area contributed by atoms with Crippen molar-refractivity contribution in [1.82, 2.24) is 5.32 Å². The lowest BCUT2D eigenvalue weighted by atomic mass is 10.1. The monoisotopic (exact) mass is 253 g/mol. The molecule has 0 aliphatic heterocycles. The minimum Gasteiger partial charge on any atom is -0.485 e. The van der Waals surface area contributed by atoms with Crippen LogP contribution in [0.25, 0.3) is 0 Å². The summed E-state index contributed by atoms with van der Waals surface area (Å²) in [6.07, 6.45) is 2.28. The minimum atomic E-state index is 0.0271. The fraction of sp³-hybridized carbons (Fsp3) is 0.571. The molecule has 94 valence electrons. The van der Waals surface area contributed by atoms with Crippen LogP contribution in [0.2, 0.25) is 5.02 Å². The van der Waals surface area contributed by atoms with Crippen LogP contribution in [0.1, 0.15) is 30.9 Å². The smallest absolute Gasteiger partial charge is 0.126 e. The van der Waals surface area contributed by atoms with Crippen LogP contribution in [0.5, 0.6) is 5.75 Å². The van der Waals surface area contributed by atoms with Crippen molar-refractivity contribution in [2.24, 2.45) is 0 Å². The van der Waals surface area contributed by atoms with E-state index < -0.39 is 0 Å². The number of nitrogens with one attached hydrogen (secondary N) is 1. The highest BCUT2D eigenvalue weighted by Gasteiger charge is 2.45. The van der Waals surface area contributed by atoms with Crippen LogP contribution in [0.4, 0.5) is 0 Å². The number of aryl methyl sites for hydroxylation is 2. The maximum Gasteiger partial charge on any atom is 0.126 e. The normalized spacial score (nSPS) is 16.9. The molecule has 2 rings (SSSR count). The second-order valence-electron chi connectivity index (χ2n) is 4.93. The summed E-state index contributed by atoms with van der Waals surface area (Å²) < 4.78 is 6.21. The van der Waals surface area contributed by atoms with Crippen molar-refractivity contribution in [2.75, 3.05) is 13.1 Å². The topological polar surface area (TPSA) is 21.3 Å². The number of hydrogen-bond donors (Lipinski definition) is 1. The SMILES string of the molecule is CCNCC1(Oc2c(C)cc(Cl)cc2C)CC1. The van der Waals surface area contributed by atoms with E-state index in [1.807, 2.05) is 12.1 Å². The Morgan fingerprint density at radius 3 is 2.35 bits per heavy atom. The molecule has 3 heteroatoms. The molecule has 0 heterocycles. The van der Waals surface area contributed by atoms with Crippen molar-refractivity contribution in [3.8, 4) is 5.75 Å². The number of halogens is 1. The highest BCUT2D eigenvalue weighted by atomic mass is 35.5. The van der Waals surface area contributed by atoms with Gasteiger partial charge in [-0.1, -0.05) is 18.5 Å². The van der Waals surface area contributed by atoms with Gasteiger partial charge in [0.25, 0.3) is 0 Å². The molecular formula is C14H20ClNO. The Kier molecular flexibility index (Phi) is 3.64. The molecule has 1 aromatic rings. The van der Waals surface area contributed by atoms with Gasteiger partial charge in [-0.15, -0.1) is 0 Å². The van der Waals surface area contributed by atoms with Crippen molar-refractivity contribution in [3.05, 3.63) is 28.3 Å². The van der Waals surface area contributed by atoms with Gasteiger partial charge in [-0.3, -0.25) is 0 Å². The van der Waals surface area contributed by atoms with E-state index in [1.54, 1.807) is 0 Å². The average molecular weight is 254 g/mol. The second kappa shape index (κ2) is 4.87. The van der Waals surface area contributed by atoms with Gasteiger partial charge < -0.3 is 10.1 Å². The molecule has 1 N–H and O–H groups in total. The summed E-state index contributed by atoms with van der Waals surface area (Å²) in [5, 5.41) is 4.15. The number of hydrogen-bond acceptors (Lipinski definition) is 2. The molecule has 2 nitrogen and oxygen atoms in total. The molecule has 0 saturated heterocycles. The predicted molar refractivity (Wildman–Crippen MR) is 72.1 cm³/mol. The Bertz CT molecular complexity index is 390. The molecule has 0 aromatic heterocycles. The molecular weight excluding hydrogens is 234 g/mol. The van der Waals surface area contributed by atoms with Gasteiger partial charge in [0.2, 0.25) is 0 Å². The van der Waals surface area contributed by atoms with Gasteiger partial charge in [0.1, 0.15) is 11.4 Å². The van der Waals surface area contributed by atoms with Crippen molar-refractivity contribution >= 4 is 11.6 Å². The first-order valence-corrected chi connectivity index (χ1v) is 6.60. The lowest BCUT2D eigenvalue weighted by Gasteiger charge is -2.21. The highest BCUT2D eigenvalue weighted by Crippen LogP contribution is 2.42. The highest BCUT2D eigenvalue weighted by molar-refractivity contribution is 6.30. The third-order valence-electron chi connectivity index (χ3n) is 3.25. The summed E-state index contributed by atoms with van der Waals surface area (Å²) in [6, 6.07) is 3.93. The molecule has 1 saturated carbocycles. The molecule has 1 aromatic carbocycles. The number of benzene rings is 1. The Labute approximate surface area is 108 Å². The molecule has 0 atom stereocenters. The molecule has 0 radical (unpaired) electrons. The van der Waals surface area contributed by atoms with E-state index in [4.69, 9.17) is 16.3 Å². The van der Waals surface area contributed by atoms with Crippen LogP contribution in [0, 0.1) is 13.8 Å². The number of likely N-dealkylation sites (N-methyl/N-ethyl adjacent to an activating group) is 1. The van der Waals surface area contributed by atoms with Crippen LogP contribution in [0.15, 0.2) is 12.1 Å². The summed E-state index contributed by atoms with van der Waals surface area (Å²) in [4.78, 5) is 0. The molecule has 0 amide bonds. The Hall–Kier alpha value is -0.730. The Balaban J connectivity index is 2.13. The van der Waals surface area contributed by atoms with E-state index in [9.17, 15) is 0 Å². The fourth-order valence-corrected chi connectivity index (χ4v) is 2.41. The first-order chi connectivity index (χ1) is 8.06. The van der Waals surface area contributed by atoms with Crippen molar-refractivity contribution in [1.29, 1.82) is 0 Å². The summed E-state index contributed by atoms with van der Waals surface area (Å²) in [5.74, 6) is 1.00. The van der Waals surface area contributed by atoms with E-state index in [-0.39, 0.29) is 5.60 Å². The van der Waals surface area contributed by atoms with E-state index in [0.29, 0.717) is 0 Å². The Morgan fingerprint density at radius 2 is 1.88 bits per heavy atom. The van der Waals surface area contributed by atoms with Crippen LogP contribution >= 0.6 is 11.6 Å². The zero-order chi connectivity index (χ0) is 12.5. The first-order valence-electron chi connectivity index (χ1n) is 6.23. The maximum atomic E-state index is 6.21. The molecule has 0 bridgehead atoms.